The van der Waals surface area contributed by atoms with Crippen molar-refractivity contribution in [3.8, 4) is 5.75 Å². The van der Waals surface area contributed by atoms with Gasteiger partial charge < -0.3 is 18.9 Å². The lowest BCUT2D eigenvalue weighted by molar-refractivity contribution is -0.274. The van der Waals surface area contributed by atoms with E-state index in [2.05, 4.69) is 9.84 Å². The Morgan fingerprint density at radius 2 is 1.81 bits per heavy atom. The maximum atomic E-state index is 13.5. The number of carbonyl (C=O) groups is 3. The molecule has 1 aliphatic carbocycles. The molecule has 196 valence electrons. The van der Waals surface area contributed by atoms with Crippen LogP contribution in [0.4, 0.5) is 28.4 Å². The van der Waals surface area contributed by atoms with Gasteiger partial charge in [-0.1, -0.05) is 17.7 Å². The van der Waals surface area contributed by atoms with E-state index in [0.717, 1.165) is 36.4 Å². The zero-order valence-corrected chi connectivity index (χ0v) is 20.1. The molecular formula is C23H19ClF3N3O7. The number of amides is 3. The van der Waals surface area contributed by atoms with Gasteiger partial charge in [-0.15, -0.1) is 13.2 Å². The molecule has 2 aliphatic rings. The van der Waals surface area contributed by atoms with Crippen LogP contribution in [0, 0.1) is 5.41 Å². The lowest BCUT2D eigenvalue weighted by Gasteiger charge is -2.25. The van der Waals surface area contributed by atoms with Gasteiger partial charge in [0, 0.05) is 10.6 Å². The second-order valence-corrected chi connectivity index (χ2v) is 8.44. The molecule has 0 radical (unpaired) electrons. The van der Waals surface area contributed by atoms with Gasteiger partial charge in [-0.2, -0.15) is 15.0 Å². The van der Waals surface area contributed by atoms with Crippen molar-refractivity contribution in [1.29, 1.82) is 0 Å². The van der Waals surface area contributed by atoms with Crippen molar-refractivity contribution in [3.63, 3.8) is 0 Å². The minimum absolute atomic E-state index is 0.131. The largest absolute Gasteiger partial charge is 0.573 e. The van der Waals surface area contributed by atoms with Crippen LogP contribution in [-0.2, 0) is 25.4 Å². The number of imide groups is 1. The highest BCUT2D eigenvalue weighted by atomic mass is 35.5. The van der Waals surface area contributed by atoms with E-state index in [-0.39, 0.29) is 24.4 Å². The lowest BCUT2D eigenvalue weighted by atomic mass is 9.84. The van der Waals surface area contributed by atoms with Crippen LogP contribution in [0.3, 0.4) is 0 Å². The third-order valence-electron chi connectivity index (χ3n) is 5.72. The molecule has 2 aromatic rings. The highest BCUT2D eigenvalue weighted by molar-refractivity contribution is 6.31. The third-order valence-corrected chi connectivity index (χ3v) is 5.96. The summed E-state index contributed by atoms with van der Waals surface area (Å²) in [6, 6.07) is 7.83. The van der Waals surface area contributed by atoms with E-state index < -0.39 is 42.4 Å². The molecule has 0 fully saturated rings. The number of alkyl halides is 3. The first-order valence-corrected chi connectivity index (χ1v) is 11.0. The van der Waals surface area contributed by atoms with Gasteiger partial charge in [0.05, 0.1) is 32.2 Å². The van der Waals surface area contributed by atoms with Gasteiger partial charge in [-0.3, -0.25) is 4.79 Å². The summed E-state index contributed by atoms with van der Waals surface area (Å²) in [5.41, 5.74) is -0.107. The smallest absolute Gasteiger partial charge is 0.468 e. The van der Waals surface area contributed by atoms with Crippen molar-refractivity contribution in [3.05, 3.63) is 58.6 Å². The Morgan fingerprint density at radius 3 is 2.43 bits per heavy atom. The number of fused-ring (bicyclic) bond motifs is 3. The van der Waals surface area contributed by atoms with E-state index in [0.29, 0.717) is 21.0 Å². The van der Waals surface area contributed by atoms with Crippen molar-refractivity contribution < 1.29 is 46.5 Å². The van der Waals surface area contributed by atoms with Crippen LogP contribution in [0.2, 0.25) is 5.02 Å². The van der Waals surface area contributed by atoms with Crippen molar-refractivity contribution in [2.75, 3.05) is 32.5 Å². The molecule has 0 bridgehead atoms. The number of halogens is 4. The zero-order valence-electron chi connectivity index (χ0n) is 19.4. The van der Waals surface area contributed by atoms with Gasteiger partial charge in [-0.25, -0.2) is 9.59 Å². The SMILES string of the molecule is COC(=O)N(C(=O)N1COCC2(C(=O)OC)Cc3cc(Cl)ccc3C2=N1)c1ccc(OC(F)(F)F)cc1. The summed E-state index contributed by atoms with van der Waals surface area (Å²) in [7, 11) is 2.23. The topological polar surface area (TPSA) is 107 Å². The summed E-state index contributed by atoms with van der Waals surface area (Å²) >= 11 is 6.12. The fraction of sp³-hybridized carbons (Fsp3) is 0.304. The van der Waals surface area contributed by atoms with Gasteiger partial charge in [0.15, 0.2) is 0 Å². The molecule has 1 atom stereocenters. The first-order chi connectivity index (χ1) is 17.5. The monoisotopic (exact) mass is 541 g/mol. The molecule has 10 nitrogen and oxygen atoms in total. The van der Waals surface area contributed by atoms with Gasteiger partial charge >= 0.3 is 24.5 Å². The van der Waals surface area contributed by atoms with E-state index in [1.54, 1.807) is 18.2 Å². The van der Waals surface area contributed by atoms with Crippen LogP contribution >= 0.6 is 11.6 Å². The number of esters is 1. The fourth-order valence-electron chi connectivity index (χ4n) is 4.15. The summed E-state index contributed by atoms with van der Waals surface area (Å²) < 4.78 is 56.7. The molecule has 2 aromatic carbocycles. The van der Waals surface area contributed by atoms with E-state index in [1.807, 2.05) is 0 Å². The Balaban J connectivity index is 1.74. The summed E-state index contributed by atoms with van der Waals surface area (Å²) in [6.45, 7) is -0.636. The van der Waals surface area contributed by atoms with Crippen LogP contribution in [0.1, 0.15) is 11.1 Å². The van der Waals surface area contributed by atoms with E-state index >= 15 is 0 Å². The van der Waals surface area contributed by atoms with Crippen LogP contribution in [-0.4, -0.2) is 62.7 Å². The molecule has 4 rings (SSSR count). The van der Waals surface area contributed by atoms with Crippen molar-refractivity contribution >= 4 is 41.1 Å². The van der Waals surface area contributed by atoms with Crippen LogP contribution in [0.15, 0.2) is 47.6 Å². The lowest BCUT2D eigenvalue weighted by Crippen LogP contribution is -2.45. The van der Waals surface area contributed by atoms with E-state index in [4.69, 9.17) is 25.8 Å². The maximum absolute atomic E-state index is 13.5. The Hall–Kier alpha value is -3.84. The number of carbonyl (C=O) groups excluding carboxylic acids is 3. The van der Waals surface area contributed by atoms with Gasteiger partial charge in [0.25, 0.3) is 0 Å². The average molecular weight is 542 g/mol. The normalized spacial score (nSPS) is 18.6. The van der Waals surface area contributed by atoms with Crippen molar-refractivity contribution in [2.24, 2.45) is 10.5 Å². The molecule has 0 spiro atoms. The molecule has 0 aromatic heterocycles. The first-order valence-electron chi connectivity index (χ1n) is 10.6. The maximum Gasteiger partial charge on any atom is 0.573 e. The molecule has 0 saturated heterocycles. The molecule has 0 saturated carbocycles. The number of anilines is 1. The predicted octanol–water partition coefficient (Wildman–Crippen LogP) is 4.34. The Kier molecular flexibility index (Phi) is 7.02. The molecule has 1 heterocycles. The van der Waals surface area contributed by atoms with Crippen LogP contribution in [0.5, 0.6) is 5.75 Å². The highest BCUT2D eigenvalue weighted by Gasteiger charge is 2.53. The van der Waals surface area contributed by atoms with Gasteiger partial charge in [-0.05, 0) is 48.4 Å². The number of hydrazone groups is 1. The Labute approximate surface area is 213 Å². The number of methoxy groups -OCH3 is 2. The van der Waals surface area contributed by atoms with E-state index in [9.17, 15) is 27.6 Å². The predicted molar refractivity (Wildman–Crippen MR) is 122 cm³/mol. The Morgan fingerprint density at radius 1 is 1.11 bits per heavy atom. The van der Waals surface area contributed by atoms with Gasteiger partial charge in [0.1, 0.15) is 17.9 Å². The van der Waals surface area contributed by atoms with Crippen LogP contribution in [0.25, 0.3) is 0 Å². The molecule has 1 aliphatic heterocycles. The zero-order chi connectivity index (χ0) is 27.0. The first kappa shape index (κ1) is 26.2. The summed E-state index contributed by atoms with van der Waals surface area (Å²) in [4.78, 5) is 39.5. The third kappa shape index (κ3) is 5.04. The summed E-state index contributed by atoms with van der Waals surface area (Å²) in [6.07, 6.45) is -5.92. The fourth-order valence-corrected chi connectivity index (χ4v) is 4.34. The Bertz CT molecular complexity index is 1270. The second-order valence-electron chi connectivity index (χ2n) is 8.01. The number of ether oxygens (including phenoxy) is 4. The number of benzene rings is 2. The van der Waals surface area contributed by atoms with Gasteiger partial charge in [0.2, 0.25) is 0 Å². The second kappa shape index (κ2) is 9.90. The standard InChI is InChI=1S/C23H19ClF3N3O7/c1-34-19(31)22-10-13-9-14(24)3-8-17(13)18(22)28-29(12-36-11-22)20(32)30(21(33)35-2)15-4-6-16(7-5-15)37-23(25,26)27/h3-9H,10-12H2,1-2H3. The average Bonchev–Trinajstić information content (AvgIpc) is 3.02. The number of rotatable bonds is 3. The van der Waals surface area contributed by atoms with Crippen molar-refractivity contribution in [1.82, 2.24) is 5.01 Å². The van der Waals surface area contributed by atoms with E-state index in [1.165, 1.54) is 7.11 Å². The molecule has 3 amide bonds. The minimum Gasteiger partial charge on any atom is -0.468 e. The number of urea groups is 1. The molecule has 37 heavy (non-hydrogen) atoms. The number of nitrogens with zero attached hydrogens (tertiary/aromatic N) is 3. The summed E-state index contributed by atoms with van der Waals surface area (Å²) in [5, 5.41) is 5.62. The molecule has 1 unspecified atom stereocenters. The highest BCUT2D eigenvalue weighted by Crippen LogP contribution is 2.41. The van der Waals surface area contributed by atoms with Crippen molar-refractivity contribution in [2.45, 2.75) is 12.8 Å². The minimum atomic E-state index is -4.92. The number of hydrogen-bond donors (Lipinski definition) is 0. The molecular weight excluding hydrogens is 523 g/mol. The molecule has 0 N–H and O–H groups in total. The number of hydrogen-bond acceptors (Lipinski definition) is 8. The quantitative estimate of drug-likeness (QED) is 0.532. The summed E-state index contributed by atoms with van der Waals surface area (Å²) in [5.74, 6) is -1.20. The molecule has 14 heteroatoms. The van der Waals surface area contributed by atoms with Crippen LogP contribution < -0.4 is 9.64 Å².